The Morgan fingerprint density at radius 2 is 2.05 bits per heavy atom. The molecule has 0 fully saturated rings. The Bertz CT molecular complexity index is 600. The van der Waals surface area contributed by atoms with Gasteiger partial charge >= 0.3 is 0 Å². The molecule has 1 aromatic heterocycles. The highest BCUT2D eigenvalue weighted by molar-refractivity contribution is 7.92. The van der Waals surface area contributed by atoms with Crippen LogP contribution in [0.15, 0.2) is 53.9 Å². The molecule has 0 aliphatic rings. The number of hydrogen-bond acceptors (Lipinski definition) is 4. The summed E-state index contributed by atoms with van der Waals surface area (Å²) in [7, 11) is 1.66. The topological polar surface area (TPSA) is 45.7 Å². The molecule has 2 rings (SSSR count). The van der Waals surface area contributed by atoms with Crippen molar-refractivity contribution in [1.82, 2.24) is 0 Å². The average Bonchev–Trinajstić information content (AvgIpc) is 2.52. The van der Waals surface area contributed by atoms with Gasteiger partial charge in [0.2, 0.25) is 0 Å². The lowest BCUT2D eigenvalue weighted by Crippen LogP contribution is -2.23. The molecule has 0 amide bonds. The highest BCUT2D eigenvalue weighted by atomic mass is 32.2. The van der Waals surface area contributed by atoms with Gasteiger partial charge in [0.1, 0.15) is 5.75 Å². The molecular formula is C15H17N2O2S+. The number of nitrogens with zero attached hydrogens (tertiary/aromatic N) is 2. The summed E-state index contributed by atoms with van der Waals surface area (Å²) in [5, 5.41) is 12.1. The Balaban J connectivity index is 2.20. The van der Waals surface area contributed by atoms with Crippen LogP contribution in [0.3, 0.4) is 0 Å². The molecule has 4 nitrogen and oxygen atoms in total. The van der Waals surface area contributed by atoms with Crippen molar-refractivity contribution < 1.29 is 13.9 Å². The largest absolute Gasteiger partial charge is 0.496 e. The van der Waals surface area contributed by atoms with E-state index in [1.807, 2.05) is 52.8 Å². The first-order chi connectivity index (χ1) is 9.74. The van der Waals surface area contributed by atoms with E-state index >= 15 is 0 Å². The van der Waals surface area contributed by atoms with Crippen molar-refractivity contribution in [2.45, 2.75) is 12.7 Å². The number of benzene rings is 1. The van der Waals surface area contributed by atoms with Crippen molar-refractivity contribution in [3.8, 4) is 5.75 Å². The molecule has 1 aromatic carbocycles. The van der Waals surface area contributed by atoms with E-state index in [2.05, 4.69) is 5.16 Å². The van der Waals surface area contributed by atoms with Crippen LogP contribution in [0.25, 0.3) is 0 Å². The van der Waals surface area contributed by atoms with E-state index in [0.29, 0.717) is 5.71 Å². The van der Waals surface area contributed by atoms with Gasteiger partial charge in [-0.05, 0) is 30.7 Å². The summed E-state index contributed by atoms with van der Waals surface area (Å²) < 4.78 is 7.42. The highest BCUT2D eigenvalue weighted by Gasteiger charge is 2.10. The van der Waals surface area contributed by atoms with Gasteiger partial charge in [-0.3, -0.25) is 0 Å². The fraction of sp³-hybridized carbons (Fsp3) is 0.200. The Kier molecular flexibility index (Phi) is 5.01. The second kappa shape index (κ2) is 6.96. The van der Waals surface area contributed by atoms with Gasteiger partial charge in [-0.25, -0.2) is 0 Å². The van der Waals surface area contributed by atoms with E-state index in [1.165, 1.54) is 0 Å². The second-order valence-electron chi connectivity index (χ2n) is 4.22. The Hall–Kier alpha value is -2.01. The normalized spacial score (nSPS) is 11.4. The first-order valence-corrected chi connectivity index (χ1v) is 7.14. The quantitative estimate of drug-likeness (QED) is 0.398. The Morgan fingerprint density at radius 3 is 2.70 bits per heavy atom. The lowest BCUT2D eigenvalue weighted by atomic mass is 10.1. The molecule has 1 heterocycles. The molecule has 0 saturated carbocycles. The van der Waals surface area contributed by atoms with E-state index in [0.717, 1.165) is 22.6 Å². The molecule has 1 N–H and O–H groups in total. The van der Waals surface area contributed by atoms with Crippen LogP contribution in [0.2, 0.25) is 0 Å². The predicted molar refractivity (Wildman–Crippen MR) is 80.3 cm³/mol. The van der Waals surface area contributed by atoms with Gasteiger partial charge in [0.25, 0.3) is 0 Å². The summed E-state index contributed by atoms with van der Waals surface area (Å²) >= 11 is 1.67. The third-order valence-corrected chi connectivity index (χ3v) is 3.89. The van der Waals surface area contributed by atoms with Crippen LogP contribution in [0.4, 0.5) is 0 Å². The summed E-state index contributed by atoms with van der Waals surface area (Å²) in [6.45, 7) is 1.77. The molecule has 0 unspecified atom stereocenters. The van der Waals surface area contributed by atoms with Gasteiger partial charge in [-0.2, -0.15) is 0 Å². The minimum Gasteiger partial charge on any atom is -0.496 e. The lowest BCUT2D eigenvalue weighted by Gasteiger charge is -2.08. The van der Waals surface area contributed by atoms with Crippen LogP contribution in [-0.2, 0) is 5.75 Å². The van der Waals surface area contributed by atoms with Crippen molar-refractivity contribution in [1.29, 1.82) is 0 Å². The van der Waals surface area contributed by atoms with Crippen molar-refractivity contribution >= 4 is 17.7 Å². The molecule has 2 aromatic rings. The Morgan fingerprint density at radius 1 is 1.30 bits per heavy atom. The zero-order chi connectivity index (χ0) is 14.4. The number of aromatic nitrogens is 1. The summed E-state index contributed by atoms with van der Waals surface area (Å²) in [4.78, 5) is 0. The van der Waals surface area contributed by atoms with Crippen LogP contribution in [0.1, 0.15) is 18.1 Å². The number of methoxy groups -OCH3 is 1. The summed E-state index contributed by atoms with van der Waals surface area (Å²) in [5.41, 5.74) is 2.54. The number of ether oxygens (including phenoxy) is 1. The van der Waals surface area contributed by atoms with Crippen LogP contribution >= 0.6 is 11.9 Å². The zero-order valence-corrected chi connectivity index (χ0v) is 12.3. The van der Waals surface area contributed by atoms with E-state index in [9.17, 15) is 0 Å². The lowest BCUT2D eigenvalue weighted by molar-refractivity contribution is -0.494. The molecule has 0 bridgehead atoms. The maximum Gasteiger partial charge on any atom is 0.183 e. The number of hydrogen-bond donors (Lipinski definition) is 1. The molecular weight excluding hydrogens is 272 g/mol. The van der Waals surface area contributed by atoms with Crippen LogP contribution in [0, 0.1) is 0 Å². The van der Waals surface area contributed by atoms with Gasteiger partial charge in [0, 0.05) is 17.7 Å². The first-order valence-electron chi connectivity index (χ1n) is 6.20. The molecule has 0 aliphatic carbocycles. The predicted octanol–water partition coefficient (Wildman–Crippen LogP) is 2.88. The van der Waals surface area contributed by atoms with E-state index < -0.39 is 0 Å². The molecule has 0 atom stereocenters. The smallest absolute Gasteiger partial charge is 0.183 e. The SMILES string of the molecule is COc1ccc(C(C)=NO)cc1CS[n+]1ccccc1. The summed E-state index contributed by atoms with van der Waals surface area (Å²) in [6, 6.07) is 11.7. The minimum atomic E-state index is 0.589. The van der Waals surface area contributed by atoms with Crippen molar-refractivity contribution in [3.05, 3.63) is 59.9 Å². The van der Waals surface area contributed by atoms with E-state index in [4.69, 9.17) is 9.94 Å². The zero-order valence-electron chi connectivity index (χ0n) is 11.5. The van der Waals surface area contributed by atoms with Gasteiger partial charge in [-0.15, -0.1) is 3.97 Å². The molecule has 0 aliphatic heterocycles. The average molecular weight is 289 g/mol. The minimum absolute atomic E-state index is 0.589. The van der Waals surface area contributed by atoms with Crippen LogP contribution in [-0.4, -0.2) is 18.0 Å². The van der Waals surface area contributed by atoms with Gasteiger partial charge in [-0.1, -0.05) is 11.2 Å². The number of pyridine rings is 1. The fourth-order valence-corrected chi connectivity index (χ4v) is 2.61. The van der Waals surface area contributed by atoms with E-state index in [1.54, 1.807) is 26.0 Å². The Labute approximate surface area is 122 Å². The molecule has 0 spiro atoms. The van der Waals surface area contributed by atoms with Gasteiger partial charge in [0.05, 0.1) is 18.6 Å². The summed E-state index contributed by atoms with van der Waals surface area (Å²) in [6.07, 6.45) is 4.00. The maximum atomic E-state index is 8.86. The van der Waals surface area contributed by atoms with Gasteiger partial charge < -0.3 is 9.94 Å². The number of oxime groups is 1. The highest BCUT2D eigenvalue weighted by Crippen LogP contribution is 2.23. The third kappa shape index (κ3) is 3.51. The third-order valence-electron chi connectivity index (χ3n) is 2.91. The molecule has 0 radical (unpaired) electrons. The molecule has 20 heavy (non-hydrogen) atoms. The molecule has 104 valence electrons. The van der Waals surface area contributed by atoms with Crippen molar-refractivity contribution in [2.75, 3.05) is 7.11 Å². The van der Waals surface area contributed by atoms with Crippen molar-refractivity contribution in [2.24, 2.45) is 5.16 Å². The van der Waals surface area contributed by atoms with Crippen molar-refractivity contribution in [3.63, 3.8) is 0 Å². The first kappa shape index (κ1) is 14.4. The fourth-order valence-electron chi connectivity index (χ4n) is 1.79. The van der Waals surface area contributed by atoms with Gasteiger partial charge in [0.15, 0.2) is 24.3 Å². The summed E-state index contributed by atoms with van der Waals surface area (Å²) in [5.74, 6) is 1.60. The standard InChI is InChI=1S/C15H16N2O2S/c1-12(16-18)13-6-7-15(19-2)14(10-13)11-20-17-8-4-3-5-9-17/h3-10H,11H2,1-2H3/p+1. The maximum absolute atomic E-state index is 8.86. The van der Waals surface area contributed by atoms with Crippen LogP contribution < -0.4 is 8.71 Å². The number of rotatable bonds is 5. The van der Waals surface area contributed by atoms with E-state index in [-0.39, 0.29) is 0 Å². The van der Waals surface area contributed by atoms with Crippen LogP contribution in [0.5, 0.6) is 5.75 Å². The second-order valence-corrected chi connectivity index (χ2v) is 5.19. The molecule has 5 heteroatoms. The molecule has 0 saturated heterocycles. The monoisotopic (exact) mass is 289 g/mol.